The molecule has 152 valence electrons. The number of carbonyl (C=O) groups is 3. The molecule has 8 nitrogen and oxygen atoms in total. The number of nitrogens with two attached hydrogens (primary N) is 1. The second-order valence-corrected chi connectivity index (χ2v) is 6.48. The number of benzene rings is 1. The van der Waals surface area contributed by atoms with Crippen LogP contribution in [-0.4, -0.2) is 56.1 Å². The lowest BCUT2D eigenvalue weighted by atomic mass is 9.96. The van der Waals surface area contributed by atoms with Gasteiger partial charge >= 0.3 is 5.97 Å². The molecule has 28 heavy (non-hydrogen) atoms. The maximum absolute atomic E-state index is 12.1. The molecule has 0 spiro atoms. The predicted molar refractivity (Wildman–Crippen MR) is 102 cm³/mol. The van der Waals surface area contributed by atoms with Crippen molar-refractivity contribution in [2.75, 3.05) is 33.4 Å². The minimum atomic E-state index is -0.655. The van der Waals surface area contributed by atoms with Crippen molar-refractivity contribution in [2.45, 2.75) is 19.3 Å². The smallest absolute Gasteiger partial charge is 0.344 e. The van der Waals surface area contributed by atoms with E-state index in [1.54, 1.807) is 17.0 Å². The third-order valence-corrected chi connectivity index (χ3v) is 4.56. The van der Waals surface area contributed by atoms with Crippen LogP contribution in [-0.2, 0) is 25.5 Å². The van der Waals surface area contributed by atoms with Crippen molar-refractivity contribution in [3.63, 3.8) is 0 Å². The largest absolute Gasteiger partial charge is 0.493 e. The van der Waals surface area contributed by atoms with Gasteiger partial charge in [-0.25, -0.2) is 4.79 Å². The Balaban J connectivity index is 1.76. The van der Waals surface area contributed by atoms with Crippen molar-refractivity contribution in [3.8, 4) is 11.5 Å². The Morgan fingerprint density at radius 2 is 1.93 bits per heavy atom. The van der Waals surface area contributed by atoms with E-state index in [1.165, 1.54) is 7.11 Å². The maximum atomic E-state index is 12.1. The van der Waals surface area contributed by atoms with Crippen LogP contribution in [0.25, 0.3) is 0 Å². The van der Waals surface area contributed by atoms with Crippen molar-refractivity contribution >= 4 is 17.8 Å². The van der Waals surface area contributed by atoms with Gasteiger partial charge in [0.1, 0.15) is 0 Å². The molecule has 8 heteroatoms. The number of allylic oxidation sites excluding steroid dienone is 1. The number of esters is 1. The first-order valence-electron chi connectivity index (χ1n) is 9.08. The number of primary amides is 1. The van der Waals surface area contributed by atoms with E-state index in [1.807, 2.05) is 12.1 Å². The average Bonchev–Trinajstić information content (AvgIpc) is 2.71. The maximum Gasteiger partial charge on any atom is 0.344 e. The van der Waals surface area contributed by atoms with Crippen LogP contribution in [0.4, 0.5) is 0 Å². The van der Waals surface area contributed by atoms with Crippen LogP contribution in [0.15, 0.2) is 30.9 Å². The van der Waals surface area contributed by atoms with Crippen LogP contribution < -0.4 is 15.2 Å². The molecular formula is C20H26N2O6. The summed E-state index contributed by atoms with van der Waals surface area (Å²) < 4.78 is 15.7. The summed E-state index contributed by atoms with van der Waals surface area (Å²) in [5.41, 5.74) is 6.28. The van der Waals surface area contributed by atoms with Crippen LogP contribution in [0.5, 0.6) is 11.5 Å². The van der Waals surface area contributed by atoms with E-state index >= 15 is 0 Å². The zero-order valence-electron chi connectivity index (χ0n) is 16.0. The Morgan fingerprint density at radius 3 is 2.54 bits per heavy atom. The quantitative estimate of drug-likeness (QED) is 0.499. The number of ether oxygens (including phenoxy) is 3. The summed E-state index contributed by atoms with van der Waals surface area (Å²) in [7, 11) is 1.51. The third-order valence-electron chi connectivity index (χ3n) is 4.56. The summed E-state index contributed by atoms with van der Waals surface area (Å²) >= 11 is 0. The number of likely N-dealkylation sites (tertiary alicyclic amines) is 1. The Morgan fingerprint density at radius 1 is 1.21 bits per heavy atom. The van der Waals surface area contributed by atoms with E-state index < -0.39 is 5.97 Å². The lowest BCUT2D eigenvalue weighted by Gasteiger charge is -2.30. The van der Waals surface area contributed by atoms with Crippen LogP contribution in [0, 0.1) is 5.92 Å². The fourth-order valence-corrected chi connectivity index (χ4v) is 2.95. The summed E-state index contributed by atoms with van der Waals surface area (Å²) in [4.78, 5) is 36.7. The molecule has 0 aromatic heterocycles. The molecule has 1 aromatic carbocycles. The number of rotatable bonds is 9. The normalized spacial score (nSPS) is 14.2. The SMILES string of the molecule is C=CCc1ccc(OCC(=O)OCC(=O)N2CCC(C(N)=O)CC2)c(OC)c1. The topological polar surface area (TPSA) is 108 Å². The van der Waals surface area contributed by atoms with Gasteiger partial charge in [0.05, 0.1) is 7.11 Å². The Kier molecular flexibility index (Phi) is 7.86. The lowest BCUT2D eigenvalue weighted by Crippen LogP contribution is -2.43. The van der Waals surface area contributed by atoms with Gasteiger partial charge < -0.3 is 24.8 Å². The highest BCUT2D eigenvalue weighted by Crippen LogP contribution is 2.28. The first kappa shape index (κ1) is 21.3. The van der Waals surface area contributed by atoms with E-state index in [0.29, 0.717) is 43.9 Å². The number of methoxy groups -OCH3 is 1. The molecule has 0 unspecified atom stereocenters. The molecule has 2 N–H and O–H groups in total. The second-order valence-electron chi connectivity index (χ2n) is 6.48. The number of hydrogen-bond acceptors (Lipinski definition) is 6. The van der Waals surface area contributed by atoms with Crippen LogP contribution in [0.2, 0.25) is 0 Å². The zero-order chi connectivity index (χ0) is 20.5. The summed E-state index contributed by atoms with van der Waals surface area (Å²) in [6.45, 7) is 3.84. The number of amides is 2. The van der Waals surface area contributed by atoms with Gasteiger partial charge in [0.2, 0.25) is 5.91 Å². The van der Waals surface area contributed by atoms with Gasteiger partial charge in [-0.05, 0) is 37.0 Å². The zero-order valence-corrected chi connectivity index (χ0v) is 16.0. The van der Waals surface area contributed by atoms with E-state index in [0.717, 1.165) is 5.56 Å². The number of hydrogen-bond donors (Lipinski definition) is 1. The molecule has 1 aliphatic rings. The van der Waals surface area contributed by atoms with Crippen molar-refractivity contribution < 1.29 is 28.6 Å². The van der Waals surface area contributed by atoms with Gasteiger partial charge in [-0.3, -0.25) is 9.59 Å². The van der Waals surface area contributed by atoms with Crippen molar-refractivity contribution in [3.05, 3.63) is 36.4 Å². The Bertz CT molecular complexity index is 725. The standard InChI is InChI=1S/C20H26N2O6/c1-3-4-14-5-6-16(17(11-14)26-2)27-13-19(24)28-12-18(23)22-9-7-15(8-10-22)20(21)25/h3,5-6,11,15H,1,4,7-10,12-13H2,2H3,(H2,21,25). The summed E-state index contributed by atoms with van der Waals surface area (Å²) in [5, 5.41) is 0. The van der Waals surface area contributed by atoms with Gasteiger partial charge in [-0.15, -0.1) is 6.58 Å². The van der Waals surface area contributed by atoms with E-state index in [-0.39, 0.29) is 30.9 Å². The van der Waals surface area contributed by atoms with Gasteiger partial charge in [-0.2, -0.15) is 0 Å². The van der Waals surface area contributed by atoms with Gasteiger partial charge in [0.25, 0.3) is 5.91 Å². The van der Waals surface area contributed by atoms with E-state index in [9.17, 15) is 14.4 Å². The molecule has 0 atom stereocenters. The fraction of sp³-hybridized carbons (Fsp3) is 0.450. The third kappa shape index (κ3) is 6.00. The molecular weight excluding hydrogens is 364 g/mol. The van der Waals surface area contributed by atoms with Crippen LogP contribution in [0.3, 0.4) is 0 Å². The first-order valence-corrected chi connectivity index (χ1v) is 9.08. The molecule has 1 heterocycles. The number of carbonyl (C=O) groups excluding carboxylic acids is 3. The highest BCUT2D eigenvalue weighted by atomic mass is 16.6. The molecule has 0 saturated carbocycles. The minimum Gasteiger partial charge on any atom is -0.493 e. The minimum absolute atomic E-state index is 0.201. The highest BCUT2D eigenvalue weighted by Gasteiger charge is 2.26. The molecule has 1 saturated heterocycles. The molecule has 0 aliphatic carbocycles. The molecule has 2 rings (SSSR count). The first-order chi connectivity index (χ1) is 13.4. The highest BCUT2D eigenvalue weighted by molar-refractivity contribution is 5.82. The van der Waals surface area contributed by atoms with Gasteiger partial charge in [0.15, 0.2) is 24.7 Å². The van der Waals surface area contributed by atoms with E-state index in [4.69, 9.17) is 19.9 Å². The monoisotopic (exact) mass is 390 g/mol. The molecule has 1 aromatic rings. The van der Waals surface area contributed by atoms with Crippen molar-refractivity contribution in [1.82, 2.24) is 4.90 Å². The number of piperidine rings is 1. The number of nitrogens with zero attached hydrogens (tertiary/aromatic N) is 1. The second kappa shape index (κ2) is 10.3. The Hall–Kier alpha value is -3.03. The van der Waals surface area contributed by atoms with Crippen LogP contribution in [0.1, 0.15) is 18.4 Å². The van der Waals surface area contributed by atoms with Crippen LogP contribution >= 0.6 is 0 Å². The Labute approximate surface area is 164 Å². The molecule has 1 fully saturated rings. The van der Waals surface area contributed by atoms with Crippen molar-refractivity contribution in [1.29, 1.82) is 0 Å². The summed E-state index contributed by atoms with van der Waals surface area (Å²) in [6, 6.07) is 5.37. The average molecular weight is 390 g/mol. The molecule has 0 bridgehead atoms. The predicted octanol–water partition coefficient (Wildman–Crippen LogP) is 1.07. The van der Waals surface area contributed by atoms with Gasteiger partial charge in [0, 0.05) is 19.0 Å². The molecule has 1 aliphatic heterocycles. The lowest BCUT2D eigenvalue weighted by molar-refractivity contribution is -0.154. The molecule has 0 radical (unpaired) electrons. The summed E-state index contributed by atoms with van der Waals surface area (Å²) in [6.07, 6.45) is 3.52. The summed E-state index contributed by atoms with van der Waals surface area (Å²) in [5.74, 6) is -0.593. The molecule has 2 amide bonds. The van der Waals surface area contributed by atoms with Crippen molar-refractivity contribution in [2.24, 2.45) is 11.7 Å². The van der Waals surface area contributed by atoms with E-state index in [2.05, 4.69) is 6.58 Å². The van der Waals surface area contributed by atoms with Gasteiger partial charge in [-0.1, -0.05) is 12.1 Å². The fourth-order valence-electron chi connectivity index (χ4n) is 2.95.